The second-order valence-corrected chi connectivity index (χ2v) is 5.96. The van der Waals surface area contributed by atoms with Crippen molar-refractivity contribution >= 4 is 0 Å². The van der Waals surface area contributed by atoms with Crippen molar-refractivity contribution in [1.29, 1.82) is 0 Å². The molecule has 1 saturated carbocycles. The van der Waals surface area contributed by atoms with Gasteiger partial charge in [-0.1, -0.05) is 13.8 Å². The summed E-state index contributed by atoms with van der Waals surface area (Å²) in [6, 6.07) is 1.44. The highest BCUT2D eigenvalue weighted by molar-refractivity contribution is 5.15. The highest BCUT2D eigenvalue weighted by Crippen LogP contribution is 2.41. The van der Waals surface area contributed by atoms with Crippen LogP contribution in [0.4, 0.5) is 4.39 Å². The molecule has 1 fully saturated rings. The monoisotopic (exact) mass is 236 g/mol. The molecule has 0 aromatic carbocycles. The summed E-state index contributed by atoms with van der Waals surface area (Å²) < 4.78 is 13.1. The summed E-state index contributed by atoms with van der Waals surface area (Å²) in [5.74, 6) is 0.167. The molecule has 17 heavy (non-hydrogen) atoms. The second-order valence-electron chi connectivity index (χ2n) is 5.96. The van der Waals surface area contributed by atoms with Crippen LogP contribution in [0.5, 0.6) is 0 Å². The topological polar surface area (TPSA) is 38.9 Å². The molecule has 1 aliphatic rings. The number of nitrogens with two attached hydrogens (primary N) is 1. The van der Waals surface area contributed by atoms with Gasteiger partial charge in [0.1, 0.15) is 5.82 Å². The van der Waals surface area contributed by atoms with Gasteiger partial charge in [0.2, 0.25) is 0 Å². The van der Waals surface area contributed by atoms with Crippen molar-refractivity contribution in [3.05, 3.63) is 29.8 Å². The smallest absolute Gasteiger partial charge is 0.141 e. The maximum absolute atomic E-state index is 13.1. The molecule has 1 aromatic rings. The summed E-state index contributed by atoms with van der Waals surface area (Å²) in [4.78, 5) is 3.87. The zero-order valence-electron chi connectivity index (χ0n) is 10.6. The summed E-state index contributed by atoms with van der Waals surface area (Å²) >= 11 is 0. The number of halogens is 1. The molecule has 1 heterocycles. The predicted octanol–water partition coefficient (Wildman–Crippen LogP) is 3.44. The first-order valence-corrected chi connectivity index (χ1v) is 6.34. The van der Waals surface area contributed by atoms with Gasteiger partial charge in [0, 0.05) is 12.2 Å². The Kier molecular flexibility index (Phi) is 3.48. The fraction of sp³-hybridized carbons (Fsp3) is 0.643. The third-order valence-electron chi connectivity index (χ3n) is 4.00. The molecule has 1 aromatic heterocycles. The molecular weight excluding hydrogens is 215 g/mol. The van der Waals surface area contributed by atoms with E-state index in [0.29, 0.717) is 11.3 Å². The molecule has 3 heteroatoms. The Morgan fingerprint density at radius 2 is 2.00 bits per heavy atom. The maximum Gasteiger partial charge on any atom is 0.141 e. The minimum Gasteiger partial charge on any atom is -0.324 e. The van der Waals surface area contributed by atoms with Crippen molar-refractivity contribution in [2.45, 2.75) is 45.6 Å². The molecule has 2 rings (SSSR count). The number of nitrogens with zero attached hydrogens (tertiary/aromatic N) is 1. The molecule has 2 N–H and O–H groups in total. The minimum absolute atomic E-state index is 0.0747. The van der Waals surface area contributed by atoms with Crippen LogP contribution in [0.3, 0.4) is 0 Å². The van der Waals surface area contributed by atoms with E-state index in [1.54, 1.807) is 6.20 Å². The summed E-state index contributed by atoms with van der Waals surface area (Å²) in [6.07, 6.45) is 7.57. The SMILES string of the molecule is CC1(C)CCC(C(N)c2cncc(F)c2)CC1. The lowest BCUT2D eigenvalue weighted by Gasteiger charge is -2.36. The molecule has 0 bridgehead atoms. The number of rotatable bonds is 2. The van der Waals surface area contributed by atoms with Crippen molar-refractivity contribution in [2.75, 3.05) is 0 Å². The van der Waals surface area contributed by atoms with Gasteiger partial charge < -0.3 is 5.73 Å². The number of hydrogen-bond acceptors (Lipinski definition) is 2. The van der Waals surface area contributed by atoms with E-state index >= 15 is 0 Å². The Bertz CT molecular complexity index is 380. The van der Waals surface area contributed by atoms with Gasteiger partial charge in [-0.2, -0.15) is 0 Å². The second kappa shape index (κ2) is 4.73. The summed E-state index contributed by atoms with van der Waals surface area (Å²) in [6.45, 7) is 4.61. The molecular formula is C14H21FN2. The lowest BCUT2D eigenvalue weighted by molar-refractivity contribution is 0.173. The molecule has 0 spiro atoms. The van der Waals surface area contributed by atoms with Gasteiger partial charge in [0.15, 0.2) is 0 Å². The van der Waals surface area contributed by atoms with Crippen LogP contribution >= 0.6 is 0 Å². The fourth-order valence-electron chi connectivity index (χ4n) is 2.66. The molecule has 1 atom stereocenters. The van der Waals surface area contributed by atoms with Crippen LogP contribution in [0.2, 0.25) is 0 Å². The molecule has 0 amide bonds. The lowest BCUT2D eigenvalue weighted by atomic mass is 9.70. The Morgan fingerprint density at radius 1 is 1.35 bits per heavy atom. The Labute approximate surface area is 102 Å². The zero-order valence-corrected chi connectivity index (χ0v) is 10.6. The quantitative estimate of drug-likeness (QED) is 0.854. The van der Waals surface area contributed by atoms with Crippen molar-refractivity contribution in [2.24, 2.45) is 17.1 Å². The molecule has 1 aliphatic carbocycles. The molecule has 0 aliphatic heterocycles. The van der Waals surface area contributed by atoms with Crippen LogP contribution in [0.25, 0.3) is 0 Å². The largest absolute Gasteiger partial charge is 0.324 e. The van der Waals surface area contributed by atoms with Gasteiger partial charge in [0.25, 0.3) is 0 Å². The molecule has 2 nitrogen and oxygen atoms in total. The summed E-state index contributed by atoms with van der Waals surface area (Å²) in [5, 5.41) is 0. The summed E-state index contributed by atoms with van der Waals surface area (Å²) in [5.41, 5.74) is 7.49. The number of pyridine rings is 1. The molecule has 94 valence electrons. The zero-order chi connectivity index (χ0) is 12.5. The minimum atomic E-state index is -0.297. The van der Waals surface area contributed by atoms with Crippen LogP contribution in [-0.2, 0) is 0 Å². The van der Waals surface area contributed by atoms with E-state index in [0.717, 1.165) is 18.4 Å². The highest BCUT2D eigenvalue weighted by Gasteiger charge is 2.30. The third kappa shape index (κ3) is 3.03. The van der Waals surface area contributed by atoms with E-state index in [9.17, 15) is 4.39 Å². The first-order valence-electron chi connectivity index (χ1n) is 6.34. The number of hydrogen-bond donors (Lipinski definition) is 1. The predicted molar refractivity (Wildman–Crippen MR) is 66.9 cm³/mol. The average molecular weight is 236 g/mol. The van der Waals surface area contributed by atoms with E-state index in [2.05, 4.69) is 18.8 Å². The van der Waals surface area contributed by atoms with E-state index < -0.39 is 0 Å². The summed E-state index contributed by atoms with van der Waals surface area (Å²) in [7, 11) is 0. The Morgan fingerprint density at radius 3 is 2.59 bits per heavy atom. The van der Waals surface area contributed by atoms with Crippen molar-refractivity contribution in [1.82, 2.24) is 4.98 Å². The van der Waals surface area contributed by atoms with E-state index in [1.807, 2.05) is 0 Å². The van der Waals surface area contributed by atoms with Crippen molar-refractivity contribution in [3.8, 4) is 0 Å². The molecule has 1 unspecified atom stereocenters. The Hall–Kier alpha value is -0.960. The normalized spacial score (nSPS) is 22.4. The third-order valence-corrected chi connectivity index (χ3v) is 4.00. The van der Waals surface area contributed by atoms with Gasteiger partial charge in [-0.25, -0.2) is 4.39 Å². The fourth-order valence-corrected chi connectivity index (χ4v) is 2.66. The van der Waals surface area contributed by atoms with Crippen molar-refractivity contribution < 1.29 is 4.39 Å². The standard InChI is InChI=1S/C14H21FN2/c1-14(2)5-3-10(4-6-14)13(16)11-7-12(15)9-17-8-11/h7-10,13H,3-6,16H2,1-2H3. The first kappa shape index (κ1) is 12.5. The lowest BCUT2D eigenvalue weighted by Crippen LogP contribution is -2.29. The van der Waals surface area contributed by atoms with Gasteiger partial charge in [0.05, 0.1) is 6.20 Å². The maximum atomic E-state index is 13.1. The van der Waals surface area contributed by atoms with Crippen LogP contribution in [0, 0.1) is 17.2 Å². The van der Waals surface area contributed by atoms with E-state index in [-0.39, 0.29) is 11.9 Å². The average Bonchev–Trinajstić information content (AvgIpc) is 2.28. The van der Waals surface area contributed by atoms with Gasteiger partial charge in [-0.3, -0.25) is 4.98 Å². The van der Waals surface area contributed by atoms with E-state index in [4.69, 9.17) is 5.73 Å². The highest BCUT2D eigenvalue weighted by atomic mass is 19.1. The van der Waals surface area contributed by atoms with E-state index in [1.165, 1.54) is 25.1 Å². The van der Waals surface area contributed by atoms with Gasteiger partial charge in [-0.15, -0.1) is 0 Å². The first-order chi connectivity index (χ1) is 7.98. The van der Waals surface area contributed by atoms with Crippen LogP contribution in [0.1, 0.15) is 51.1 Å². The van der Waals surface area contributed by atoms with Crippen LogP contribution < -0.4 is 5.73 Å². The van der Waals surface area contributed by atoms with Crippen LogP contribution in [-0.4, -0.2) is 4.98 Å². The van der Waals surface area contributed by atoms with Gasteiger partial charge >= 0.3 is 0 Å². The Balaban J connectivity index is 2.04. The van der Waals surface area contributed by atoms with Crippen LogP contribution in [0.15, 0.2) is 18.5 Å². The van der Waals surface area contributed by atoms with Gasteiger partial charge in [-0.05, 0) is 48.6 Å². The van der Waals surface area contributed by atoms with Crippen molar-refractivity contribution in [3.63, 3.8) is 0 Å². The number of aromatic nitrogens is 1. The molecule has 0 radical (unpaired) electrons. The molecule has 0 saturated heterocycles.